The molecule has 2 saturated carbocycles. The van der Waals surface area contributed by atoms with Crippen molar-refractivity contribution in [2.75, 3.05) is 55.9 Å². The first kappa shape index (κ1) is 33.7. The van der Waals surface area contributed by atoms with Crippen LogP contribution in [0.2, 0.25) is 0 Å². The molecule has 5 aliphatic rings. The van der Waals surface area contributed by atoms with Crippen molar-refractivity contribution in [3.8, 4) is 35.4 Å². The van der Waals surface area contributed by atoms with Crippen LogP contribution in [0.1, 0.15) is 56.9 Å². The molecule has 3 saturated heterocycles. The van der Waals surface area contributed by atoms with Gasteiger partial charge in [0.1, 0.15) is 28.6 Å². The van der Waals surface area contributed by atoms with Gasteiger partial charge >= 0.3 is 6.01 Å². The van der Waals surface area contributed by atoms with Crippen LogP contribution in [0.4, 0.5) is 14.6 Å². The molecule has 1 spiro atoms. The van der Waals surface area contributed by atoms with Crippen molar-refractivity contribution in [1.29, 1.82) is 0 Å². The number of pyridine rings is 1. The van der Waals surface area contributed by atoms with Crippen LogP contribution in [0.25, 0.3) is 32.9 Å². The molecule has 4 aromatic rings. The van der Waals surface area contributed by atoms with Gasteiger partial charge in [0, 0.05) is 59.8 Å². The first-order chi connectivity index (χ1) is 25.1. The van der Waals surface area contributed by atoms with Gasteiger partial charge in [-0.15, -0.1) is 6.42 Å². The zero-order chi connectivity index (χ0) is 35.8. The third kappa shape index (κ3) is 5.56. The van der Waals surface area contributed by atoms with E-state index in [2.05, 4.69) is 20.8 Å². The highest BCUT2D eigenvalue weighted by Crippen LogP contribution is 2.56. The molecule has 272 valence electrons. The third-order valence-corrected chi connectivity index (χ3v) is 14.4. The van der Waals surface area contributed by atoms with E-state index < -0.39 is 21.5 Å². The second-order valence-corrected chi connectivity index (χ2v) is 17.7. The summed E-state index contributed by atoms with van der Waals surface area (Å²) in [7, 11) is -2.87. The molecule has 5 fully saturated rings. The Morgan fingerprint density at radius 3 is 2.69 bits per heavy atom. The van der Waals surface area contributed by atoms with E-state index >= 15 is 4.39 Å². The number of ether oxygens (including phenoxy) is 2. The largest absolute Gasteiger partial charge is 0.508 e. The van der Waals surface area contributed by atoms with E-state index in [1.54, 1.807) is 0 Å². The summed E-state index contributed by atoms with van der Waals surface area (Å²) in [5.74, 6) is 2.01. The fraction of sp³-hybridized carbons (Fsp3) is 0.513. The summed E-state index contributed by atoms with van der Waals surface area (Å²) in [5, 5.41) is 11.7. The summed E-state index contributed by atoms with van der Waals surface area (Å²) >= 11 is 0. The van der Waals surface area contributed by atoms with Crippen molar-refractivity contribution in [3.63, 3.8) is 0 Å². The molecule has 9 rings (SSSR count). The fourth-order valence-corrected chi connectivity index (χ4v) is 12.4. The number of terminal acetylenes is 1. The summed E-state index contributed by atoms with van der Waals surface area (Å²) in [6.07, 6.45) is 15.1. The second kappa shape index (κ2) is 12.5. The number of phenols is 1. The molecular weight excluding hydrogens is 689 g/mol. The average Bonchev–Trinajstić information content (AvgIpc) is 3.35. The van der Waals surface area contributed by atoms with Crippen molar-refractivity contribution >= 4 is 37.3 Å². The molecule has 0 amide bonds. The van der Waals surface area contributed by atoms with E-state index in [1.807, 2.05) is 4.90 Å². The number of likely N-dealkylation sites (tertiary alicyclic amines) is 1. The van der Waals surface area contributed by atoms with Crippen molar-refractivity contribution in [2.24, 2.45) is 10.8 Å². The molecule has 2 aliphatic carbocycles. The van der Waals surface area contributed by atoms with Crippen LogP contribution < -0.4 is 9.64 Å². The van der Waals surface area contributed by atoms with Crippen LogP contribution in [0.5, 0.6) is 11.8 Å². The Hall–Kier alpha value is -4.12. The molecular formula is C39H41F2N5O5S. The van der Waals surface area contributed by atoms with E-state index in [-0.39, 0.29) is 50.3 Å². The summed E-state index contributed by atoms with van der Waals surface area (Å²) in [6, 6.07) is 6.29. The van der Waals surface area contributed by atoms with Gasteiger partial charge in [0.25, 0.3) is 0 Å². The van der Waals surface area contributed by atoms with E-state index in [0.29, 0.717) is 73.1 Å². The highest BCUT2D eigenvalue weighted by atomic mass is 32.2. The van der Waals surface area contributed by atoms with Crippen molar-refractivity contribution in [2.45, 2.75) is 63.5 Å². The highest BCUT2D eigenvalue weighted by molar-refractivity contribution is 7.92. The number of anilines is 1. The number of aromatic hydroxyl groups is 1. The minimum atomic E-state index is -2.87. The Kier molecular flexibility index (Phi) is 8.10. The van der Waals surface area contributed by atoms with Gasteiger partial charge in [-0.25, -0.2) is 17.2 Å². The van der Waals surface area contributed by atoms with Gasteiger partial charge < -0.3 is 19.5 Å². The Labute approximate surface area is 301 Å². The first-order valence-electron chi connectivity index (χ1n) is 18.3. The molecule has 52 heavy (non-hydrogen) atoms. The van der Waals surface area contributed by atoms with Gasteiger partial charge in [-0.05, 0) is 75.1 Å². The number of hydrogen-bond acceptors (Lipinski definition) is 10. The molecule has 1 N–H and O–H groups in total. The Bertz CT molecular complexity index is 2240. The number of phenolic OH excluding ortho intramolecular Hbond substituents is 1. The fourth-order valence-electron chi connectivity index (χ4n) is 10.1. The summed E-state index contributed by atoms with van der Waals surface area (Å²) in [4.78, 5) is 18.8. The monoisotopic (exact) mass is 729 g/mol. The maximum absolute atomic E-state index is 17.0. The van der Waals surface area contributed by atoms with Crippen LogP contribution in [0.3, 0.4) is 0 Å². The lowest BCUT2D eigenvalue weighted by Gasteiger charge is -2.60. The number of hydrogen-bond donors (Lipinski definition) is 1. The molecule has 2 aromatic carbocycles. The highest BCUT2D eigenvalue weighted by Gasteiger charge is 2.60. The zero-order valence-corrected chi connectivity index (χ0v) is 29.7. The van der Waals surface area contributed by atoms with E-state index in [9.17, 15) is 17.9 Å². The Morgan fingerprint density at radius 1 is 1.06 bits per heavy atom. The van der Waals surface area contributed by atoms with Crippen LogP contribution in [0, 0.1) is 34.8 Å². The quantitative estimate of drug-likeness (QED) is 0.251. The number of piperidine rings is 1. The lowest BCUT2D eigenvalue weighted by atomic mass is 9.64. The van der Waals surface area contributed by atoms with Crippen molar-refractivity contribution < 1.29 is 31.8 Å². The number of halogens is 2. The van der Waals surface area contributed by atoms with Crippen LogP contribution >= 0.6 is 0 Å². The maximum Gasteiger partial charge on any atom is 0.319 e. The number of aromatic nitrogens is 3. The SMILES string of the molecule is C#Cc1c(F)ccc2cc(O)cc(-c3ncc4c(N5CCCOCC5)nc(OC[C@]56CCC[C@H]5N(C5CC7(C5)CS(=O)(=O)C7)CCC6)nc4c3F)c12. The zero-order valence-electron chi connectivity index (χ0n) is 28.9. The van der Waals surface area contributed by atoms with Gasteiger partial charge in [-0.2, -0.15) is 9.97 Å². The van der Waals surface area contributed by atoms with Crippen LogP contribution in [-0.2, 0) is 14.6 Å². The first-order valence-corrected chi connectivity index (χ1v) is 20.1. The van der Waals surface area contributed by atoms with Crippen LogP contribution in [-0.4, -0.2) is 96.4 Å². The molecule has 2 aromatic heterocycles. The van der Waals surface area contributed by atoms with Gasteiger partial charge in [0.2, 0.25) is 0 Å². The van der Waals surface area contributed by atoms with Crippen molar-refractivity contribution in [3.05, 3.63) is 47.7 Å². The minimum Gasteiger partial charge on any atom is -0.508 e. The maximum atomic E-state index is 17.0. The summed E-state index contributed by atoms with van der Waals surface area (Å²) < 4.78 is 68.1. The lowest BCUT2D eigenvalue weighted by molar-refractivity contribution is -0.0726. The van der Waals surface area contributed by atoms with E-state index in [0.717, 1.165) is 57.9 Å². The Morgan fingerprint density at radius 2 is 1.88 bits per heavy atom. The second-order valence-electron chi connectivity index (χ2n) is 15.6. The number of fused-ring (bicyclic) bond motifs is 3. The molecule has 10 nitrogen and oxygen atoms in total. The van der Waals surface area contributed by atoms with E-state index in [1.165, 1.54) is 30.5 Å². The van der Waals surface area contributed by atoms with E-state index in [4.69, 9.17) is 20.9 Å². The van der Waals surface area contributed by atoms with Crippen molar-refractivity contribution in [1.82, 2.24) is 19.9 Å². The number of nitrogens with zero attached hydrogens (tertiary/aromatic N) is 5. The van der Waals surface area contributed by atoms with Gasteiger partial charge in [0.05, 0.1) is 35.7 Å². The summed E-state index contributed by atoms with van der Waals surface area (Å²) in [6.45, 7) is 3.67. The molecule has 3 aliphatic heterocycles. The molecule has 5 heterocycles. The number of rotatable bonds is 6. The minimum absolute atomic E-state index is 0.00581. The van der Waals surface area contributed by atoms with Gasteiger partial charge in [0.15, 0.2) is 15.7 Å². The standard InChI is InChI=1S/C39H41F2N5O5S/c1-2-27-30(40)8-7-24-16-26(47)17-28(32(24)27)34-33(41)35-29(20-42-34)36(45-11-5-14-50-15-13-45)44-37(43-35)51-21-39-9-3-6-31(39)46(12-4-10-39)25-18-38(19-25)22-52(48,49)23-38/h1,7-8,16-17,20,25,31,47H,3-6,9-15,18-19,21-23H2/t31-,39-/m1/s1. The molecule has 0 unspecified atom stereocenters. The van der Waals surface area contributed by atoms with Crippen LogP contribution in [0.15, 0.2) is 30.5 Å². The van der Waals surface area contributed by atoms with Gasteiger partial charge in [-0.1, -0.05) is 18.4 Å². The third-order valence-electron chi connectivity index (χ3n) is 12.3. The molecule has 0 bridgehead atoms. The topological polar surface area (TPSA) is 118 Å². The lowest BCUT2D eigenvalue weighted by Crippen LogP contribution is -2.66. The molecule has 2 atom stereocenters. The molecule has 13 heteroatoms. The predicted octanol–water partition coefficient (Wildman–Crippen LogP) is 5.63. The average molecular weight is 730 g/mol. The van der Waals surface area contributed by atoms with Gasteiger partial charge in [-0.3, -0.25) is 9.88 Å². The number of sulfone groups is 1. The smallest absolute Gasteiger partial charge is 0.319 e. The predicted molar refractivity (Wildman–Crippen MR) is 193 cm³/mol. The molecule has 0 radical (unpaired) electrons. The Balaban J connectivity index is 1.08. The normalized spacial score (nSPS) is 25.7. The summed E-state index contributed by atoms with van der Waals surface area (Å²) in [5.41, 5.74) is -0.149. The number of benzene rings is 2.